The normalized spacial score (nSPS) is 13.9. The highest BCUT2D eigenvalue weighted by Crippen LogP contribution is 2.19. The second kappa shape index (κ2) is 8.30. The predicted molar refractivity (Wildman–Crippen MR) is 114 cm³/mol. The zero-order valence-electron chi connectivity index (χ0n) is 16.7. The Balaban J connectivity index is 1.44. The molecule has 0 aliphatic carbocycles. The van der Waals surface area contributed by atoms with Crippen molar-refractivity contribution in [2.45, 2.75) is 19.3 Å². The van der Waals surface area contributed by atoms with Crippen LogP contribution in [0.2, 0.25) is 0 Å². The van der Waals surface area contributed by atoms with E-state index in [0.29, 0.717) is 17.2 Å². The van der Waals surface area contributed by atoms with Crippen molar-refractivity contribution in [3.8, 4) is 5.95 Å². The van der Waals surface area contributed by atoms with Crippen LogP contribution in [0.25, 0.3) is 5.95 Å². The van der Waals surface area contributed by atoms with Gasteiger partial charge in [0.05, 0.1) is 36.2 Å². The second-order valence-electron chi connectivity index (χ2n) is 7.36. The van der Waals surface area contributed by atoms with Crippen molar-refractivity contribution in [2.75, 3.05) is 42.3 Å². The van der Waals surface area contributed by atoms with Crippen LogP contribution in [-0.2, 0) is 0 Å². The fraction of sp³-hybridized carbons (Fsp3) is 0.333. The Labute approximate surface area is 170 Å². The third kappa shape index (κ3) is 4.37. The molecule has 2 aromatic heterocycles. The molecule has 1 amide bonds. The van der Waals surface area contributed by atoms with Crippen LogP contribution < -0.4 is 15.1 Å². The van der Waals surface area contributed by atoms with Crippen LogP contribution >= 0.6 is 0 Å². The van der Waals surface area contributed by atoms with Crippen LogP contribution in [0.15, 0.2) is 49.1 Å². The lowest BCUT2D eigenvalue weighted by Gasteiger charge is -2.28. The van der Waals surface area contributed by atoms with E-state index in [1.807, 2.05) is 49.6 Å². The second-order valence-corrected chi connectivity index (χ2v) is 7.36. The number of hydrogen-bond donors (Lipinski definition) is 1. The van der Waals surface area contributed by atoms with Crippen molar-refractivity contribution in [3.05, 3.63) is 54.6 Å². The molecule has 1 aliphatic rings. The molecular formula is C21H25N7O. The van der Waals surface area contributed by atoms with Crippen molar-refractivity contribution in [1.29, 1.82) is 0 Å². The minimum atomic E-state index is -0.186. The molecule has 0 unspecified atom stereocenters. The van der Waals surface area contributed by atoms with Crippen LogP contribution in [0, 0.1) is 0 Å². The molecule has 1 aromatic carbocycles. The highest BCUT2D eigenvalue weighted by atomic mass is 16.1. The van der Waals surface area contributed by atoms with E-state index < -0.39 is 0 Å². The number of carbonyl (C=O) groups excluding carboxylic acids is 1. The first-order valence-corrected chi connectivity index (χ1v) is 9.81. The summed E-state index contributed by atoms with van der Waals surface area (Å²) in [5.41, 5.74) is 3.19. The third-order valence-electron chi connectivity index (χ3n) is 5.02. The van der Waals surface area contributed by atoms with Gasteiger partial charge in [-0.25, -0.2) is 14.6 Å². The van der Waals surface area contributed by atoms with Gasteiger partial charge < -0.3 is 15.1 Å². The topological polar surface area (TPSA) is 79.2 Å². The van der Waals surface area contributed by atoms with E-state index in [0.717, 1.165) is 24.5 Å². The zero-order chi connectivity index (χ0) is 20.2. The van der Waals surface area contributed by atoms with Crippen molar-refractivity contribution in [1.82, 2.24) is 19.7 Å². The summed E-state index contributed by atoms with van der Waals surface area (Å²) < 4.78 is 1.56. The first-order valence-electron chi connectivity index (χ1n) is 9.81. The van der Waals surface area contributed by atoms with Crippen LogP contribution in [0.1, 0.15) is 29.6 Å². The van der Waals surface area contributed by atoms with Gasteiger partial charge in [-0.3, -0.25) is 4.79 Å². The Morgan fingerprint density at radius 1 is 1.07 bits per heavy atom. The smallest absolute Gasteiger partial charge is 0.255 e. The molecule has 0 radical (unpaired) electrons. The number of nitrogens with zero attached hydrogens (tertiary/aromatic N) is 6. The fourth-order valence-electron chi connectivity index (χ4n) is 3.37. The van der Waals surface area contributed by atoms with Crippen LogP contribution in [-0.4, -0.2) is 52.8 Å². The molecule has 8 nitrogen and oxygen atoms in total. The Hall–Kier alpha value is -3.42. The first-order chi connectivity index (χ1) is 14.1. The number of aromatic nitrogens is 4. The lowest BCUT2D eigenvalue weighted by Crippen LogP contribution is -2.29. The lowest BCUT2D eigenvalue weighted by molar-refractivity contribution is 0.102. The molecule has 1 N–H and O–H groups in total. The number of amides is 1. The average molecular weight is 391 g/mol. The maximum Gasteiger partial charge on any atom is 0.255 e. The minimum absolute atomic E-state index is 0.186. The third-order valence-corrected chi connectivity index (χ3v) is 5.02. The van der Waals surface area contributed by atoms with Crippen molar-refractivity contribution in [2.24, 2.45) is 0 Å². The van der Waals surface area contributed by atoms with E-state index in [2.05, 4.69) is 25.3 Å². The molecule has 150 valence electrons. The van der Waals surface area contributed by atoms with Gasteiger partial charge >= 0.3 is 0 Å². The van der Waals surface area contributed by atoms with E-state index in [4.69, 9.17) is 0 Å². The summed E-state index contributed by atoms with van der Waals surface area (Å²) in [5, 5.41) is 7.15. The maximum absolute atomic E-state index is 12.6. The van der Waals surface area contributed by atoms with Crippen molar-refractivity contribution < 1.29 is 4.79 Å². The zero-order valence-corrected chi connectivity index (χ0v) is 16.7. The summed E-state index contributed by atoms with van der Waals surface area (Å²) in [6.07, 6.45) is 10.7. The van der Waals surface area contributed by atoms with Gasteiger partial charge in [-0.1, -0.05) is 6.07 Å². The molecule has 0 bridgehead atoms. The first kappa shape index (κ1) is 18.9. The molecule has 29 heavy (non-hydrogen) atoms. The number of nitrogens with one attached hydrogen (secondary N) is 1. The highest BCUT2D eigenvalue weighted by molar-refractivity contribution is 6.04. The van der Waals surface area contributed by atoms with Crippen molar-refractivity contribution in [3.63, 3.8) is 0 Å². The Bertz CT molecular complexity index is 975. The SMILES string of the molecule is CN(C)c1cccc(C(=O)Nc2cnn(-c3ncc(N4CCCCC4)cn3)c2)c1. The summed E-state index contributed by atoms with van der Waals surface area (Å²) in [6, 6.07) is 7.46. The van der Waals surface area contributed by atoms with E-state index in [9.17, 15) is 4.79 Å². The molecule has 0 spiro atoms. The Kier molecular flexibility index (Phi) is 5.41. The molecule has 1 fully saturated rings. The predicted octanol–water partition coefficient (Wildman–Crippen LogP) is 2.97. The van der Waals surface area contributed by atoms with Crippen LogP contribution in [0.4, 0.5) is 17.1 Å². The molecule has 1 aliphatic heterocycles. The fourth-order valence-corrected chi connectivity index (χ4v) is 3.37. The molecule has 1 saturated heterocycles. The number of piperidine rings is 1. The van der Waals surface area contributed by atoms with Gasteiger partial charge in [-0.05, 0) is 37.5 Å². The van der Waals surface area contributed by atoms with Crippen LogP contribution in [0.3, 0.4) is 0 Å². The standard InChI is InChI=1S/C21H25N7O/c1-26(2)18-8-6-7-16(11-18)20(29)25-17-12-24-28(15-17)21-22-13-19(14-23-21)27-9-4-3-5-10-27/h6-8,11-15H,3-5,9-10H2,1-2H3,(H,25,29). The quantitative estimate of drug-likeness (QED) is 0.720. The van der Waals surface area contributed by atoms with E-state index in [1.54, 1.807) is 23.1 Å². The molecule has 0 atom stereocenters. The Morgan fingerprint density at radius 3 is 2.55 bits per heavy atom. The molecule has 3 aromatic rings. The van der Waals surface area contributed by atoms with Gasteiger partial charge in [0.25, 0.3) is 11.9 Å². The van der Waals surface area contributed by atoms with Crippen LogP contribution in [0.5, 0.6) is 0 Å². The van der Waals surface area contributed by atoms with E-state index in [-0.39, 0.29) is 5.91 Å². The maximum atomic E-state index is 12.6. The van der Waals surface area contributed by atoms with E-state index >= 15 is 0 Å². The molecule has 3 heterocycles. The van der Waals surface area contributed by atoms with Gasteiger partial charge in [0.1, 0.15) is 0 Å². The number of carbonyl (C=O) groups is 1. The number of hydrogen-bond acceptors (Lipinski definition) is 6. The average Bonchev–Trinajstić information content (AvgIpc) is 3.23. The molecule has 8 heteroatoms. The number of benzene rings is 1. The monoisotopic (exact) mass is 391 g/mol. The summed E-state index contributed by atoms with van der Waals surface area (Å²) in [4.78, 5) is 25.7. The molecule has 0 saturated carbocycles. The highest BCUT2D eigenvalue weighted by Gasteiger charge is 2.13. The largest absolute Gasteiger partial charge is 0.378 e. The summed E-state index contributed by atoms with van der Waals surface area (Å²) in [7, 11) is 3.88. The lowest BCUT2D eigenvalue weighted by atomic mass is 10.1. The van der Waals surface area contributed by atoms with E-state index in [1.165, 1.54) is 19.3 Å². The summed E-state index contributed by atoms with van der Waals surface area (Å²) in [6.45, 7) is 2.10. The molecule has 4 rings (SSSR count). The van der Waals surface area contributed by atoms with Gasteiger partial charge in [-0.15, -0.1) is 0 Å². The molecular weight excluding hydrogens is 366 g/mol. The van der Waals surface area contributed by atoms with Gasteiger partial charge in [-0.2, -0.15) is 5.10 Å². The minimum Gasteiger partial charge on any atom is -0.378 e. The van der Waals surface area contributed by atoms with Gasteiger partial charge in [0.15, 0.2) is 0 Å². The van der Waals surface area contributed by atoms with Gasteiger partial charge in [0.2, 0.25) is 0 Å². The number of anilines is 3. The summed E-state index contributed by atoms with van der Waals surface area (Å²) in [5.74, 6) is 0.287. The van der Waals surface area contributed by atoms with Gasteiger partial charge in [0, 0.05) is 38.4 Å². The van der Waals surface area contributed by atoms with Crippen molar-refractivity contribution >= 4 is 23.0 Å². The summed E-state index contributed by atoms with van der Waals surface area (Å²) >= 11 is 0. The number of rotatable bonds is 5. The Morgan fingerprint density at radius 2 is 1.83 bits per heavy atom.